The summed E-state index contributed by atoms with van der Waals surface area (Å²) in [5, 5.41) is 17.6. The Morgan fingerprint density at radius 3 is 1.92 bits per heavy atom. The molecule has 51 heavy (non-hydrogen) atoms. The standard InChI is InChI=1S/C38H53N5O5S.2ClH/c1-27(2)25-43-19-17-33(18-20-43)41(4)26-36(44)35(21-29-13-9-7-10-14-29)40-38(46)32-22-31(23-34(24-32)42(5)49(6,47)48)37(45)39-28(3)30-15-11-8-12-16-30;;/h7-16,22-24,27-28,33,35-36,44H,17-21,25-26H2,1-6H3,(H,39,45)(H,40,46);2*1H/t28-,35+,36-;;/m1../s1. The van der Waals surface area contributed by atoms with Crippen LogP contribution < -0.4 is 14.9 Å². The molecule has 3 aromatic carbocycles. The average molecular weight is 765 g/mol. The summed E-state index contributed by atoms with van der Waals surface area (Å²) in [6, 6.07) is 22.9. The lowest BCUT2D eigenvalue weighted by Gasteiger charge is -2.39. The van der Waals surface area contributed by atoms with Gasteiger partial charge in [0.2, 0.25) is 10.0 Å². The number of sulfonamides is 1. The lowest BCUT2D eigenvalue weighted by Crippen LogP contribution is -2.52. The highest BCUT2D eigenvalue weighted by Crippen LogP contribution is 2.23. The molecule has 1 heterocycles. The van der Waals surface area contributed by atoms with E-state index in [1.165, 1.54) is 25.2 Å². The lowest BCUT2D eigenvalue weighted by atomic mass is 9.98. The van der Waals surface area contributed by atoms with Crippen LogP contribution in [0.25, 0.3) is 0 Å². The number of likely N-dealkylation sites (N-methyl/N-ethyl adjacent to an activating group) is 1. The van der Waals surface area contributed by atoms with Gasteiger partial charge >= 0.3 is 0 Å². The zero-order chi connectivity index (χ0) is 35.7. The number of likely N-dealkylation sites (tertiary alicyclic amines) is 1. The van der Waals surface area contributed by atoms with Crippen molar-refractivity contribution < 1.29 is 23.1 Å². The number of halogens is 2. The van der Waals surface area contributed by atoms with Crippen molar-refractivity contribution in [2.75, 3.05) is 50.8 Å². The number of hydrogen-bond acceptors (Lipinski definition) is 7. The second-order valence-corrected chi connectivity index (χ2v) is 15.8. The molecule has 3 atom stereocenters. The molecule has 0 saturated carbocycles. The van der Waals surface area contributed by atoms with E-state index in [2.05, 4.69) is 34.3 Å². The van der Waals surface area contributed by atoms with Crippen LogP contribution in [-0.4, -0.2) is 99.9 Å². The third kappa shape index (κ3) is 13.1. The van der Waals surface area contributed by atoms with Crippen molar-refractivity contribution in [3.63, 3.8) is 0 Å². The molecule has 10 nitrogen and oxygen atoms in total. The maximum absolute atomic E-state index is 14.0. The molecule has 1 fully saturated rings. The van der Waals surface area contributed by atoms with Crippen molar-refractivity contribution in [3.8, 4) is 0 Å². The van der Waals surface area contributed by atoms with Crippen LogP contribution in [0.2, 0.25) is 0 Å². The van der Waals surface area contributed by atoms with Gasteiger partial charge in [0.15, 0.2) is 0 Å². The molecule has 4 rings (SSSR count). The Hall–Kier alpha value is -3.19. The Morgan fingerprint density at radius 2 is 1.39 bits per heavy atom. The number of nitrogens with one attached hydrogen (secondary N) is 2. The number of aliphatic hydroxyl groups is 1. The summed E-state index contributed by atoms with van der Waals surface area (Å²) in [4.78, 5) is 32.1. The largest absolute Gasteiger partial charge is 0.390 e. The van der Waals surface area contributed by atoms with Crippen molar-refractivity contribution >= 4 is 52.3 Å². The Kier molecular flexibility index (Phi) is 17.4. The number of benzene rings is 3. The van der Waals surface area contributed by atoms with Gasteiger partial charge in [-0.3, -0.25) is 13.9 Å². The van der Waals surface area contributed by atoms with Crippen LogP contribution in [0.1, 0.15) is 71.5 Å². The van der Waals surface area contributed by atoms with E-state index in [9.17, 15) is 23.1 Å². The van der Waals surface area contributed by atoms with Crippen molar-refractivity contribution in [1.29, 1.82) is 0 Å². The van der Waals surface area contributed by atoms with Crippen LogP contribution in [0.3, 0.4) is 0 Å². The third-order valence-electron chi connectivity index (χ3n) is 9.31. The minimum absolute atomic E-state index is 0. The van der Waals surface area contributed by atoms with Crippen molar-refractivity contribution in [1.82, 2.24) is 20.4 Å². The smallest absolute Gasteiger partial charge is 0.251 e. The summed E-state index contributed by atoms with van der Waals surface area (Å²) in [5.74, 6) is -0.344. The van der Waals surface area contributed by atoms with Gasteiger partial charge in [-0.05, 0) is 81.6 Å². The second-order valence-electron chi connectivity index (χ2n) is 13.8. The molecule has 2 amide bonds. The predicted molar refractivity (Wildman–Crippen MR) is 211 cm³/mol. The fraction of sp³-hybridized carbons (Fsp3) is 0.474. The van der Waals surface area contributed by atoms with Crippen LogP contribution in [0.15, 0.2) is 78.9 Å². The van der Waals surface area contributed by atoms with Gasteiger partial charge in [-0.25, -0.2) is 8.42 Å². The molecule has 282 valence electrons. The second kappa shape index (κ2) is 20.2. The summed E-state index contributed by atoms with van der Waals surface area (Å²) in [6.07, 6.45) is 2.59. The summed E-state index contributed by atoms with van der Waals surface area (Å²) < 4.78 is 26.1. The number of aliphatic hydroxyl groups excluding tert-OH is 1. The number of rotatable bonds is 15. The number of nitrogens with zero attached hydrogens (tertiary/aromatic N) is 3. The van der Waals surface area contributed by atoms with E-state index < -0.39 is 34.0 Å². The van der Waals surface area contributed by atoms with Crippen LogP contribution in [0, 0.1) is 5.92 Å². The molecule has 1 aliphatic rings. The maximum atomic E-state index is 14.0. The van der Waals surface area contributed by atoms with E-state index in [0.717, 1.165) is 54.2 Å². The highest BCUT2D eigenvalue weighted by Gasteiger charge is 2.29. The van der Waals surface area contributed by atoms with Gasteiger partial charge in [0.1, 0.15) is 0 Å². The molecule has 1 saturated heterocycles. The number of carbonyl (C=O) groups is 2. The van der Waals surface area contributed by atoms with Gasteiger partial charge in [-0.15, -0.1) is 24.8 Å². The van der Waals surface area contributed by atoms with Crippen LogP contribution >= 0.6 is 24.8 Å². The quantitative estimate of drug-likeness (QED) is 0.195. The Bertz CT molecular complexity index is 1640. The normalized spacial score (nSPS) is 15.6. The van der Waals surface area contributed by atoms with Crippen LogP contribution in [0.5, 0.6) is 0 Å². The fourth-order valence-corrected chi connectivity index (χ4v) is 6.87. The number of carbonyl (C=O) groups excluding carboxylic acids is 2. The minimum Gasteiger partial charge on any atom is -0.390 e. The average Bonchev–Trinajstić information content (AvgIpc) is 3.07. The molecule has 0 unspecified atom stereocenters. The van der Waals surface area contributed by atoms with E-state index in [1.54, 1.807) is 0 Å². The van der Waals surface area contributed by atoms with Crippen LogP contribution in [-0.2, 0) is 16.4 Å². The van der Waals surface area contributed by atoms with E-state index >= 15 is 0 Å². The number of amides is 2. The fourth-order valence-electron chi connectivity index (χ4n) is 6.39. The molecule has 13 heteroatoms. The first-order chi connectivity index (χ1) is 23.2. The van der Waals surface area contributed by atoms with E-state index in [4.69, 9.17) is 0 Å². The van der Waals surface area contributed by atoms with Gasteiger partial charge in [-0.1, -0.05) is 74.5 Å². The van der Waals surface area contributed by atoms with Gasteiger partial charge in [0.05, 0.1) is 30.1 Å². The highest BCUT2D eigenvalue weighted by molar-refractivity contribution is 7.92. The van der Waals surface area contributed by atoms with E-state index in [0.29, 0.717) is 24.9 Å². The Labute approximate surface area is 316 Å². The predicted octanol–water partition coefficient (Wildman–Crippen LogP) is 5.17. The van der Waals surface area contributed by atoms with Crippen molar-refractivity contribution in [2.24, 2.45) is 5.92 Å². The third-order valence-corrected chi connectivity index (χ3v) is 10.5. The number of anilines is 1. The molecule has 0 aliphatic carbocycles. The first-order valence-electron chi connectivity index (χ1n) is 17.1. The summed E-state index contributed by atoms with van der Waals surface area (Å²) in [6.45, 7) is 9.82. The zero-order valence-electron chi connectivity index (χ0n) is 30.5. The van der Waals surface area contributed by atoms with Crippen molar-refractivity contribution in [3.05, 3.63) is 101 Å². The molecule has 1 aliphatic heterocycles. The topological polar surface area (TPSA) is 122 Å². The van der Waals surface area contributed by atoms with Gasteiger partial charge in [-0.2, -0.15) is 0 Å². The van der Waals surface area contributed by atoms with Gasteiger partial charge in [0, 0.05) is 37.3 Å². The maximum Gasteiger partial charge on any atom is 0.251 e. The van der Waals surface area contributed by atoms with E-state index in [-0.39, 0.29) is 47.7 Å². The first kappa shape index (κ1) is 44.0. The lowest BCUT2D eigenvalue weighted by molar-refractivity contribution is 0.0489. The number of hydrogen-bond donors (Lipinski definition) is 3. The molecule has 0 aromatic heterocycles. The zero-order valence-corrected chi connectivity index (χ0v) is 32.9. The highest BCUT2D eigenvalue weighted by atomic mass is 35.5. The Morgan fingerprint density at radius 1 is 0.863 bits per heavy atom. The SMILES string of the molecule is CC(C)CN1CCC(N(C)C[C@@H](O)[C@H](Cc2ccccc2)NC(=O)c2cc(C(=O)N[C@H](C)c3ccccc3)cc(N(C)S(C)(=O)=O)c2)CC1.Cl.Cl. The molecular formula is C38H55Cl2N5O5S. The van der Waals surface area contributed by atoms with Crippen LogP contribution in [0.4, 0.5) is 5.69 Å². The van der Waals surface area contributed by atoms with E-state index in [1.807, 2.05) is 74.6 Å². The molecule has 3 N–H and O–H groups in total. The van der Waals surface area contributed by atoms with Gasteiger partial charge in [0.25, 0.3) is 11.8 Å². The summed E-state index contributed by atoms with van der Waals surface area (Å²) in [5.41, 5.74) is 2.29. The first-order valence-corrected chi connectivity index (χ1v) is 19.0. The van der Waals surface area contributed by atoms with Crippen molar-refractivity contribution in [2.45, 2.75) is 64.3 Å². The molecule has 0 bridgehead atoms. The summed E-state index contributed by atoms with van der Waals surface area (Å²) >= 11 is 0. The Balaban J connectivity index is 0.00000451. The summed E-state index contributed by atoms with van der Waals surface area (Å²) in [7, 11) is -0.289. The number of piperidine rings is 1. The van der Waals surface area contributed by atoms with Gasteiger partial charge < -0.3 is 25.5 Å². The molecule has 0 radical (unpaired) electrons. The molecule has 3 aromatic rings. The minimum atomic E-state index is -3.70. The molecular weight excluding hydrogens is 709 g/mol. The molecule has 0 spiro atoms. The monoisotopic (exact) mass is 763 g/mol.